The van der Waals surface area contributed by atoms with Crippen LogP contribution in [0.2, 0.25) is 0 Å². The van der Waals surface area contributed by atoms with Crippen molar-refractivity contribution >= 4 is 29.4 Å². The number of allylic oxidation sites excluding steroid dienone is 2. The number of aliphatic hydroxyl groups is 1. The Hall–Kier alpha value is -3.38. The van der Waals surface area contributed by atoms with Crippen LogP contribution in [0.5, 0.6) is 0 Å². The highest BCUT2D eigenvalue weighted by Gasteiger charge is 2.26. The summed E-state index contributed by atoms with van der Waals surface area (Å²) < 4.78 is 17.3. The molecule has 0 aliphatic rings. The molecule has 50 heavy (non-hydrogen) atoms. The van der Waals surface area contributed by atoms with E-state index in [1.54, 1.807) is 0 Å². The maximum Gasteiger partial charge on any atom is 0.316 e. The average Bonchev–Trinajstić information content (AvgIpc) is 3.10. The minimum absolute atomic E-state index is 0.0435. The largest absolute Gasteiger partial charge is 0.462 e. The number of carbonyl (C=O) groups excluding carboxylic acids is 3. The van der Waals surface area contributed by atoms with Crippen molar-refractivity contribution < 1.29 is 33.7 Å². The highest BCUT2D eigenvalue weighted by atomic mass is 16.5. The molecule has 4 atom stereocenters. The SMILES string of the molecule is CC.CC.CC#CC.CC(=O)N=C(C(C)C)C(C)C(C)OC/C(=C\C=C\c1ccccc1)COC(C)CCC(=O)C(C)C(=O)OCC(C)(C)O. The van der Waals surface area contributed by atoms with Crippen LogP contribution in [-0.2, 0) is 28.6 Å². The van der Waals surface area contributed by atoms with Gasteiger partial charge in [-0.25, -0.2) is 4.99 Å². The fraction of sp³-hybridized carbons (Fsp3) is 0.619. The second kappa shape index (κ2) is 30.4. The summed E-state index contributed by atoms with van der Waals surface area (Å²) in [6.07, 6.45) is 6.13. The molecular weight excluding hydrogens is 630 g/mol. The van der Waals surface area contributed by atoms with Gasteiger partial charge in [-0.15, -0.1) is 11.8 Å². The Balaban J connectivity index is -0.00000252. The smallest absolute Gasteiger partial charge is 0.316 e. The molecule has 0 aromatic heterocycles. The minimum Gasteiger partial charge on any atom is -0.462 e. The first-order chi connectivity index (χ1) is 23.5. The Morgan fingerprint density at radius 2 is 1.44 bits per heavy atom. The van der Waals surface area contributed by atoms with Crippen molar-refractivity contribution in [2.45, 2.75) is 135 Å². The van der Waals surface area contributed by atoms with Gasteiger partial charge in [0.1, 0.15) is 18.3 Å². The van der Waals surface area contributed by atoms with E-state index in [0.717, 1.165) is 16.8 Å². The molecule has 0 saturated heterocycles. The first-order valence-electron chi connectivity index (χ1n) is 18.0. The van der Waals surface area contributed by atoms with Crippen LogP contribution >= 0.6 is 0 Å². The average molecular weight is 700 g/mol. The van der Waals surface area contributed by atoms with E-state index in [0.29, 0.717) is 19.6 Å². The van der Waals surface area contributed by atoms with Gasteiger partial charge in [-0.3, -0.25) is 14.4 Å². The molecule has 0 aliphatic heterocycles. The van der Waals surface area contributed by atoms with Crippen molar-refractivity contribution in [3.63, 3.8) is 0 Å². The summed E-state index contributed by atoms with van der Waals surface area (Å²) in [4.78, 5) is 40.6. The van der Waals surface area contributed by atoms with Gasteiger partial charge >= 0.3 is 5.97 Å². The molecule has 0 saturated carbocycles. The Kier molecular flexibility index (Phi) is 31.0. The third kappa shape index (κ3) is 26.5. The number of Topliss-reactive ketones (excluding diaryl/α,β-unsaturated/α-hetero) is 1. The normalized spacial score (nSPS) is 13.9. The predicted molar refractivity (Wildman–Crippen MR) is 209 cm³/mol. The number of aliphatic imine (C=N–C) groups is 1. The monoisotopic (exact) mass is 700 g/mol. The number of rotatable bonds is 18. The quantitative estimate of drug-likeness (QED) is 0.0535. The van der Waals surface area contributed by atoms with Gasteiger partial charge in [-0.2, -0.15) is 0 Å². The maximum atomic E-state index is 12.5. The molecule has 1 amide bonds. The molecule has 0 bridgehead atoms. The summed E-state index contributed by atoms with van der Waals surface area (Å²) in [5.74, 6) is 3.45. The number of amides is 1. The molecule has 1 N–H and O–H groups in total. The summed E-state index contributed by atoms with van der Waals surface area (Å²) >= 11 is 0. The molecule has 0 fully saturated rings. The van der Waals surface area contributed by atoms with E-state index in [-0.39, 0.29) is 48.8 Å². The molecule has 0 aliphatic carbocycles. The van der Waals surface area contributed by atoms with E-state index in [1.807, 2.05) is 125 Å². The van der Waals surface area contributed by atoms with Crippen LogP contribution in [0, 0.1) is 29.6 Å². The van der Waals surface area contributed by atoms with Gasteiger partial charge in [-0.1, -0.05) is 97.0 Å². The lowest BCUT2D eigenvalue weighted by molar-refractivity contribution is -0.156. The zero-order valence-corrected chi connectivity index (χ0v) is 33.9. The van der Waals surface area contributed by atoms with E-state index in [2.05, 4.69) is 16.8 Å². The fourth-order valence-electron chi connectivity index (χ4n) is 3.96. The number of esters is 1. The van der Waals surface area contributed by atoms with Gasteiger partial charge in [0.15, 0.2) is 0 Å². The van der Waals surface area contributed by atoms with Gasteiger partial charge < -0.3 is 19.3 Å². The zero-order valence-electron chi connectivity index (χ0n) is 33.9. The second-order valence-electron chi connectivity index (χ2n) is 12.4. The topological polar surface area (TPSA) is 111 Å². The molecule has 0 heterocycles. The third-order valence-corrected chi connectivity index (χ3v) is 7.01. The number of ether oxygens (including phenoxy) is 3. The summed E-state index contributed by atoms with van der Waals surface area (Å²) in [6.45, 7) is 28.1. The molecule has 0 radical (unpaired) electrons. The van der Waals surface area contributed by atoms with Crippen LogP contribution < -0.4 is 0 Å². The molecule has 1 aromatic carbocycles. The number of benzene rings is 1. The van der Waals surface area contributed by atoms with Crippen LogP contribution in [-0.4, -0.2) is 66.1 Å². The fourth-order valence-corrected chi connectivity index (χ4v) is 3.96. The zero-order chi connectivity index (χ0) is 39.3. The van der Waals surface area contributed by atoms with Gasteiger partial charge in [0, 0.05) is 25.0 Å². The molecule has 4 unspecified atom stereocenters. The van der Waals surface area contributed by atoms with Gasteiger partial charge in [0.2, 0.25) is 5.91 Å². The number of hydrogen-bond donors (Lipinski definition) is 1. The van der Waals surface area contributed by atoms with Crippen LogP contribution in [0.25, 0.3) is 6.08 Å². The van der Waals surface area contributed by atoms with Crippen molar-refractivity contribution in [3.8, 4) is 11.8 Å². The van der Waals surface area contributed by atoms with Crippen LogP contribution in [0.1, 0.15) is 122 Å². The highest BCUT2D eigenvalue weighted by molar-refractivity contribution is 5.98. The van der Waals surface area contributed by atoms with Crippen molar-refractivity contribution in [1.82, 2.24) is 0 Å². The van der Waals surface area contributed by atoms with Crippen molar-refractivity contribution in [3.05, 3.63) is 53.6 Å². The van der Waals surface area contributed by atoms with Crippen molar-refractivity contribution in [1.29, 1.82) is 0 Å². The first-order valence-corrected chi connectivity index (χ1v) is 18.0. The number of ketones is 1. The molecule has 1 rings (SSSR count). The predicted octanol–water partition coefficient (Wildman–Crippen LogP) is 9.10. The highest BCUT2D eigenvalue weighted by Crippen LogP contribution is 2.18. The summed E-state index contributed by atoms with van der Waals surface area (Å²) in [6, 6.07) is 9.96. The van der Waals surface area contributed by atoms with Crippen LogP contribution in [0.4, 0.5) is 0 Å². The van der Waals surface area contributed by atoms with Crippen LogP contribution in [0.15, 0.2) is 53.0 Å². The van der Waals surface area contributed by atoms with E-state index in [9.17, 15) is 19.5 Å². The van der Waals surface area contributed by atoms with Gasteiger partial charge in [0.05, 0.1) is 31.0 Å². The Bertz CT molecular complexity index is 1210. The molecule has 8 nitrogen and oxygen atoms in total. The van der Waals surface area contributed by atoms with E-state index < -0.39 is 17.5 Å². The molecular formula is C42H69NO7. The lowest BCUT2D eigenvalue weighted by Crippen LogP contribution is -2.32. The van der Waals surface area contributed by atoms with E-state index >= 15 is 0 Å². The molecule has 1 aromatic rings. The lowest BCUT2D eigenvalue weighted by Gasteiger charge is -2.25. The van der Waals surface area contributed by atoms with Gasteiger partial charge in [0.25, 0.3) is 0 Å². The van der Waals surface area contributed by atoms with Gasteiger partial charge in [-0.05, 0) is 71.9 Å². The molecule has 8 heteroatoms. The summed E-state index contributed by atoms with van der Waals surface area (Å²) in [5.41, 5.74) is 1.65. The minimum atomic E-state index is -1.15. The van der Waals surface area contributed by atoms with Crippen molar-refractivity contribution in [2.75, 3.05) is 19.8 Å². The number of carbonyl (C=O) groups is 3. The summed E-state index contributed by atoms with van der Waals surface area (Å²) in [7, 11) is 0. The maximum absolute atomic E-state index is 12.5. The second-order valence-corrected chi connectivity index (χ2v) is 12.4. The Morgan fingerprint density at radius 1 is 0.900 bits per heavy atom. The van der Waals surface area contributed by atoms with Crippen molar-refractivity contribution in [2.24, 2.45) is 22.7 Å². The number of nitrogens with zero attached hydrogens (tertiary/aromatic N) is 1. The lowest BCUT2D eigenvalue weighted by atomic mass is 9.91. The third-order valence-electron chi connectivity index (χ3n) is 7.01. The number of hydrogen-bond acceptors (Lipinski definition) is 7. The van der Waals surface area contributed by atoms with E-state index in [4.69, 9.17) is 14.2 Å². The summed E-state index contributed by atoms with van der Waals surface area (Å²) in [5, 5.41) is 9.74. The van der Waals surface area contributed by atoms with E-state index in [1.165, 1.54) is 27.7 Å². The van der Waals surface area contributed by atoms with Crippen LogP contribution in [0.3, 0.4) is 0 Å². The Labute approximate surface area is 305 Å². The molecule has 284 valence electrons. The first kappa shape index (κ1) is 51.0. The standard InChI is InChI=1S/C34H51NO7.C4H6.2C2H6/c1-23(2)32(35-28(7)36)25(4)27(6)41-21-30(17-13-16-29-14-11-10-12-15-29)20-40-24(3)18-19-31(37)26(5)33(38)42-22-34(8,9)39;1-3-4-2;2*1-2/h10-17,23-27,39H,18-22H2,1-9H3;1-2H3;2*1-2H3/b16-13+,30-17-,35-32?;;;. The Morgan fingerprint density at radius 3 is 1.92 bits per heavy atom. The molecule has 0 spiro atoms.